The SMILES string of the molecule is CCCCCc1cc(Cl)c(NS(=O)[O-])cc1-c1nn[nH]n1.CCCCN(CCCC)c1cc(Cl)c(NS(=O)[O-])cc1-c1nn[nH]n1. The third kappa shape index (κ3) is 11.2. The quantitative estimate of drug-likeness (QED) is 0.0781. The van der Waals surface area contributed by atoms with Gasteiger partial charge in [0.2, 0.25) is 11.6 Å². The van der Waals surface area contributed by atoms with Gasteiger partial charge in [-0.05, 0) is 65.9 Å². The van der Waals surface area contributed by atoms with Crippen molar-refractivity contribution in [1.82, 2.24) is 41.2 Å². The number of H-pyrrole nitrogens is 2. The molecule has 2 unspecified atom stereocenters. The molecule has 4 rings (SSSR count). The van der Waals surface area contributed by atoms with E-state index in [0.29, 0.717) is 32.9 Å². The van der Waals surface area contributed by atoms with Gasteiger partial charge in [-0.25, -0.2) is 0 Å². The first-order valence-electron chi connectivity index (χ1n) is 14.8. The zero-order valence-corrected chi connectivity index (χ0v) is 28.9. The Morgan fingerprint density at radius 1 is 0.739 bits per heavy atom. The Morgan fingerprint density at radius 2 is 1.24 bits per heavy atom. The van der Waals surface area contributed by atoms with Crippen molar-refractivity contribution in [1.29, 1.82) is 0 Å². The number of tetrazole rings is 2. The third-order valence-electron chi connectivity index (χ3n) is 6.79. The highest BCUT2D eigenvalue weighted by Crippen LogP contribution is 2.37. The van der Waals surface area contributed by atoms with Crippen molar-refractivity contribution in [2.24, 2.45) is 0 Å². The second kappa shape index (κ2) is 19.4. The van der Waals surface area contributed by atoms with E-state index in [2.05, 4.69) is 76.4 Å². The van der Waals surface area contributed by atoms with Gasteiger partial charge in [0, 0.05) is 52.4 Å². The van der Waals surface area contributed by atoms with E-state index in [1.807, 2.05) is 0 Å². The maximum atomic E-state index is 11.0. The second-order valence-corrected chi connectivity index (χ2v) is 12.3. The highest BCUT2D eigenvalue weighted by Gasteiger charge is 2.19. The molecule has 2 aromatic carbocycles. The van der Waals surface area contributed by atoms with E-state index in [1.54, 1.807) is 24.3 Å². The highest BCUT2D eigenvalue weighted by atomic mass is 35.5. The zero-order valence-electron chi connectivity index (χ0n) is 25.7. The van der Waals surface area contributed by atoms with Crippen LogP contribution in [0.15, 0.2) is 24.3 Å². The van der Waals surface area contributed by atoms with E-state index >= 15 is 0 Å². The molecule has 0 aliphatic carbocycles. The molecule has 4 aromatic rings. The number of hydrogen-bond donors (Lipinski definition) is 4. The van der Waals surface area contributed by atoms with Gasteiger partial charge in [-0.1, -0.05) is 69.7 Å². The van der Waals surface area contributed by atoms with E-state index < -0.39 is 22.5 Å². The Labute approximate surface area is 282 Å². The maximum Gasteiger partial charge on any atom is 0.206 e. The van der Waals surface area contributed by atoms with Gasteiger partial charge in [0.05, 0.1) is 21.4 Å². The number of hydrogen-bond acceptors (Lipinski definition) is 11. The lowest BCUT2D eigenvalue weighted by Crippen LogP contribution is -2.26. The van der Waals surface area contributed by atoms with Gasteiger partial charge in [0.25, 0.3) is 0 Å². The van der Waals surface area contributed by atoms with Gasteiger partial charge < -0.3 is 23.4 Å². The molecule has 4 N–H and O–H groups in total. The Kier molecular flexibility index (Phi) is 15.7. The van der Waals surface area contributed by atoms with Crippen LogP contribution >= 0.6 is 23.2 Å². The summed E-state index contributed by atoms with van der Waals surface area (Å²) in [5.74, 6) is 0.808. The fourth-order valence-electron chi connectivity index (χ4n) is 4.54. The van der Waals surface area contributed by atoms with Gasteiger partial charge in [-0.3, -0.25) is 8.42 Å². The second-order valence-electron chi connectivity index (χ2n) is 10.1. The first kappa shape index (κ1) is 37.2. The molecule has 0 aliphatic rings. The van der Waals surface area contributed by atoms with Crippen molar-refractivity contribution in [2.45, 2.75) is 72.1 Å². The molecule has 0 aliphatic heterocycles. The number of nitrogens with one attached hydrogen (secondary N) is 4. The summed E-state index contributed by atoms with van der Waals surface area (Å²) in [5, 5.41) is 28.6. The molecule has 0 saturated carbocycles. The van der Waals surface area contributed by atoms with Crippen LogP contribution in [0.3, 0.4) is 0 Å². The van der Waals surface area contributed by atoms with E-state index in [-0.39, 0.29) is 5.69 Å². The van der Waals surface area contributed by atoms with Crippen molar-refractivity contribution in [3.63, 3.8) is 0 Å². The van der Waals surface area contributed by atoms with Crippen LogP contribution in [0.5, 0.6) is 0 Å². The number of nitrogens with zero attached hydrogens (tertiary/aromatic N) is 7. The molecule has 2 atom stereocenters. The van der Waals surface area contributed by atoms with Crippen LogP contribution in [-0.2, 0) is 29.0 Å². The summed E-state index contributed by atoms with van der Waals surface area (Å²) in [6.07, 6.45) is 8.27. The van der Waals surface area contributed by atoms with Gasteiger partial charge >= 0.3 is 0 Å². The molecule has 0 radical (unpaired) electrons. The Morgan fingerprint density at radius 3 is 1.72 bits per heavy atom. The normalized spacial score (nSPS) is 12.2. The Balaban J connectivity index is 0.000000254. The van der Waals surface area contributed by atoms with Gasteiger partial charge in [-0.2, -0.15) is 10.4 Å². The van der Waals surface area contributed by atoms with Crippen molar-refractivity contribution in [3.05, 3.63) is 39.9 Å². The average Bonchev–Trinajstić information content (AvgIpc) is 3.75. The van der Waals surface area contributed by atoms with Crippen LogP contribution in [0.1, 0.15) is 71.3 Å². The van der Waals surface area contributed by atoms with Crippen LogP contribution in [0.2, 0.25) is 10.0 Å². The predicted molar refractivity (Wildman–Crippen MR) is 180 cm³/mol. The molecule has 15 nitrogen and oxygen atoms in total. The lowest BCUT2D eigenvalue weighted by atomic mass is 10.00. The number of benzene rings is 2. The van der Waals surface area contributed by atoms with E-state index in [4.69, 9.17) is 23.2 Å². The largest absolute Gasteiger partial charge is 0.755 e. The molecule has 0 fully saturated rings. The number of aromatic nitrogens is 8. The molecule has 0 saturated heterocycles. The summed E-state index contributed by atoms with van der Waals surface area (Å²) in [7, 11) is 0. The monoisotopic (exact) mass is 713 g/mol. The summed E-state index contributed by atoms with van der Waals surface area (Å²) >= 11 is 7.50. The average molecular weight is 715 g/mol. The minimum atomic E-state index is -2.47. The topological polar surface area (TPSA) is 216 Å². The molecule has 0 bridgehead atoms. The fourth-order valence-corrected chi connectivity index (χ4v) is 5.78. The minimum absolute atomic E-state index is 0.282. The van der Waals surface area contributed by atoms with Crippen molar-refractivity contribution >= 4 is 62.8 Å². The van der Waals surface area contributed by atoms with Crippen molar-refractivity contribution in [2.75, 3.05) is 27.4 Å². The lowest BCUT2D eigenvalue weighted by molar-refractivity contribution is 0.541. The van der Waals surface area contributed by atoms with Crippen molar-refractivity contribution in [3.8, 4) is 22.8 Å². The van der Waals surface area contributed by atoms with Crippen LogP contribution in [-0.4, -0.2) is 71.9 Å². The Bertz CT molecular complexity index is 1540. The number of unbranched alkanes of at least 4 members (excludes halogenated alkanes) is 4. The fraction of sp³-hybridized carbons (Fsp3) is 0.481. The summed E-state index contributed by atoms with van der Waals surface area (Å²) in [6, 6.07) is 6.78. The van der Waals surface area contributed by atoms with E-state index in [9.17, 15) is 17.5 Å². The molecule has 46 heavy (non-hydrogen) atoms. The third-order valence-corrected chi connectivity index (χ3v) is 8.19. The zero-order chi connectivity index (χ0) is 33.5. The number of aromatic amines is 2. The number of halogens is 2. The lowest BCUT2D eigenvalue weighted by Gasteiger charge is -2.27. The van der Waals surface area contributed by atoms with E-state index in [0.717, 1.165) is 81.3 Å². The first-order chi connectivity index (χ1) is 22.2. The molecule has 252 valence electrons. The smallest absolute Gasteiger partial charge is 0.206 e. The van der Waals surface area contributed by atoms with Crippen LogP contribution in [0, 0.1) is 0 Å². The molecule has 2 aromatic heterocycles. The first-order valence-corrected chi connectivity index (χ1v) is 17.7. The minimum Gasteiger partial charge on any atom is -0.755 e. The Hall–Kier alpha value is -3.22. The van der Waals surface area contributed by atoms with Gasteiger partial charge in [-0.15, -0.1) is 20.4 Å². The standard InChI is InChI=1S/C15H23ClN6O2S.C12H16ClN5O2S/c1-3-5-7-22(8-6-4-2)14-10-12(16)13(19-25(23)24)9-11(14)15-17-20-21-18-15;1-2-3-4-5-8-6-10(13)11(16-21(19)20)7-9(8)12-14-17-18-15-12/h9-10,19H,3-8H2,1-2H3,(H,23,24)(H,17,18,20,21);6-7,16H,2-5H2,1H3,(H,19,20)(H,14,15,17,18)/p-2. The van der Waals surface area contributed by atoms with E-state index in [1.165, 1.54) is 0 Å². The molecule has 19 heteroatoms. The predicted octanol–water partition coefficient (Wildman–Crippen LogP) is 5.59. The van der Waals surface area contributed by atoms with Gasteiger partial charge in [0.1, 0.15) is 0 Å². The summed E-state index contributed by atoms with van der Waals surface area (Å²) in [6.45, 7) is 8.16. The molecule has 0 spiro atoms. The maximum absolute atomic E-state index is 11.0. The molecule has 0 amide bonds. The summed E-state index contributed by atoms with van der Waals surface area (Å²) < 4.78 is 48.1. The molecular weight excluding hydrogens is 677 g/mol. The summed E-state index contributed by atoms with van der Waals surface area (Å²) in [5.41, 5.74) is 3.82. The molecule has 2 heterocycles. The van der Waals surface area contributed by atoms with Crippen molar-refractivity contribution < 1.29 is 17.5 Å². The van der Waals surface area contributed by atoms with Gasteiger partial charge in [0.15, 0.2) is 0 Å². The number of rotatable bonds is 17. The summed E-state index contributed by atoms with van der Waals surface area (Å²) in [4.78, 5) is 2.24. The molecular formula is C27H37Cl2N11O4S2-2. The van der Waals surface area contributed by atoms with Crippen LogP contribution < -0.4 is 14.3 Å². The number of anilines is 3. The van der Waals surface area contributed by atoms with Crippen LogP contribution in [0.4, 0.5) is 17.1 Å². The number of aryl methyl sites for hydroxylation is 1. The van der Waals surface area contributed by atoms with Crippen LogP contribution in [0.25, 0.3) is 22.8 Å². The highest BCUT2D eigenvalue weighted by molar-refractivity contribution is 7.80.